The molecular formula is C14H14O3. The largest absolute Gasteiger partial charge is 0.508 e. The molecule has 1 aromatic carbocycles. The number of rotatable bonds is 2. The van der Waals surface area contributed by atoms with Gasteiger partial charge in [-0.1, -0.05) is 11.6 Å². The predicted molar refractivity (Wildman–Crippen MR) is 67.3 cm³/mol. The first kappa shape index (κ1) is 11.5. The van der Waals surface area contributed by atoms with Crippen molar-refractivity contribution in [3.05, 3.63) is 51.9 Å². The van der Waals surface area contributed by atoms with Crippen molar-refractivity contribution >= 4 is 11.0 Å². The molecule has 1 heterocycles. The Bertz CT molecular complexity index is 631. The third-order valence-corrected chi connectivity index (χ3v) is 2.51. The van der Waals surface area contributed by atoms with Crippen molar-refractivity contribution < 1.29 is 9.52 Å². The van der Waals surface area contributed by atoms with Crippen molar-refractivity contribution in [2.45, 2.75) is 20.3 Å². The molecule has 2 aromatic rings. The maximum absolute atomic E-state index is 11.2. The first-order valence-corrected chi connectivity index (χ1v) is 5.45. The second kappa shape index (κ2) is 4.45. The van der Waals surface area contributed by atoms with Gasteiger partial charge in [-0.25, -0.2) is 4.79 Å². The van der Waals surface area contributed by atoms with Crippen LogP contribution < -0.4 is 5.63 Å². The number of aromatic hydroxyl groups is 1. The topological polar surface area (TPSA) is 50.4 Å². The van der Waals surface area contributed by atoms with Crippen LogP contribution in [0.4, 0.5) is 0 Å². The number of phenols is 1. The zero-order valence-corrected chi connectivity index (χ0v) is 9.86. The molecule has 3 heteroatoms. The van der Waals surface area contributed by atoms with Gasteiger partial charge in [-0.05, 0) is 38.5 Å². The maximum Gasteiger partial charge on any atom is 0.336 e. The molecule has 0 amide bonds. The van der Waals surface area contributed by atoms with E-state index in [1.54, 1.807) is 18.2 Å². The van der Waals surface area contributed by atoms with Crippen LogP contribution in [0.5, 0.6) is 5.75 Å². The smallest absolute Gasteiger partial charge is 0.336 e. The van der Waals surface area contributed by atoms with E-state index in [2.05, 4.69) is 0 Å². The van der Waals surface area contributed by atoms with Crippen LogP contribution >= 0.6 is 0 Å². The summed E-state index contributed by atoms with van der Waals surface area (Å²) in [6.45, 7) is 4.00. The van der Waals surface area contributed by atoms with E-state index in [4.69, 9.17) is 4.42 Å². The minimum atomic E-state index is -0.373. The van der Waals surface area contributed by atoms with Gasteiger partial charge in [0, 0.05) is 17.0 Å². The van der Waals surface area contributed by atoms with Gasteiger partial charge < -0.3 is 9.52 Å². The van der Waals surface area contributed by atoms with E-state index in [-0.39, 0.29) is 11.4 Å². The minimum Gasteiger partial charge on any atom is -0.508 e. The van der Waals surface area contributed by atoms with Crippen LogP contribution in [0.15, 0.2) is 45.1 Å². The molecule has 0 aliphatic rings. The Morgan fingerprint density at radius 1 is 1.35 bits per heavy atom. The van der Waals surface area contributed by atoms with E-state index in [1.807, 2.05) is 19.9 Å². The number of hydrogen-bond donors (Lipinski definition) is 1. The lowest BCUT2D eigenvalue weighted by atomic mass is 10.1. The molecule has 0 unspecified atom stereocenters. The van der Waals surface area contributed by atoms with Crippen LogP contribution in [0.1, 0.15) is 19.4 Å². The van der Waals surface area contributed by atoms with Gasteiger partial charge in [0.15, 0.2) is 0 Å². The van der Waals surface area contributed by atoms with E-state index in [0.717, 1.165) is 10.9 Å². The zero-order chi connectivity index (χ0) is 12.4. The summed E-state index contributed by atoms with van der Waals surface area (Å²) in [6.07, 6.45) is 2.67. The third-order valence-electron chi connectivity index (χ3n) is 2.51. The molecular weight excluding hydrogens is 216 g/mol. The molecule has 0 aliphatic heterocycles. The molecule has 2 rings (SSSR count). The Hall–Kier alpha value is -2.03. The zero-order valence-electron chi connectivity index (χ0n) is 9.86. The summed E-state index contributed by atoms with van der Waals surface area (Å²) < 4.78 is 5.18. The highest BCUT2D eigenvalue weighted by atomic mass is 16.4. The molecule has 0 bridgehead atoms. The third kappa shape index (κ3) is 2.56. The monoisotopic (exact) mass is 230 g/mol. The molecule has 0 spiro atoms. The van der Waals surface area contributed by atoms with Crippen LogP contribution in [0.2, 0.25) is 0 Å². The van der Waals surface area contributed by atoms with E-state index in [0.29, 0.717) is 12.0 Å². The van der Waals surface area contributed by atoms with Gasteiger partial charge in [-0.15, -0.1) is 0 Å². The molecule has 0 saturated heterocycles. The van der Waals surface area contributed by atoms with E-state index in [9.17, 15) is 9.90 Å². The van der Waals surface area contributed by atoms with Gasteiger partial charge in [0.2, 0.25) is 0 Å². The fourth-order valence-corrected chi connectivity index (χ4v) is 1.70. The van der Waals surface area contributed by atoms with Crippen LogP contribution in [0.25, 0.3) is 11.0 Å². The van der Waals surface area contributed by atoms with Gasteiger partial charge in [0.05, 0.1) is 0 Å². The number of fused-ring (bicyclic) bond motifs is 1. The quantitative estimate of drug-likeness (QED) is 0.637. The lowest BCUT2D eigenvalue weighted by molar-refractivity contribution is 0.474. The molecule has 0 atom stereocenters. The molecule has 0 aliphatic carbocycles. The van der Waals surface area contributed by atoms with Crippen molar-refractivity contribution in [1.82, 2.24) is 0 Å². The Labute approximate surface area is 99.0 Å². The summed E-state index contributed by atoms with van der Waals surface area (Å²) in [6, 6.07) is 6.23. The number of allylic oxidation sites excluding steroid dienone is 2. The van der Waals surface area contributed by atoms with E-state index in [1.165, 1.54) is 11.6 Å². The van der Waals surface area contributed by atoms with Gasteiger partial charge in [-0.3, -0.25) is 0 Å². The summed E-state index contributed by atoms with van der Waals surface area (Å²) in [5, 5.41) is 10.3. The van der Waals surface area contributed by atoms with Crippen molar-refractivity contribution in [2.75, 3.05) is 0 Å². The van der Waals surface area contributed by atoms with Crippen LogP contribution in [-0.4, -0.2) is 5.11 Å². The highest BCUT2D eigenvalue weighted by Gasteiger charge is 2.05. The minimum absolute atomic E-state index is 0.184. The number of benzene rings is 1. The van der Waals surface area contributed by atoms with Crippen molar-refractivity contribution in [3.8, 4) is 5.75 Å². The second-order valence-corrected chi connectivity index (χ2v) is 4.26. The lowest BCUT2D eigenvalue weighted by Crippen LogP contribution is -1.96. The van der Waals surface area contributed by atoms with Crippen LogP contribution in [0.3, 0.4) is 0 Å². The Balaban J connectivity index is 2.63. The highest BCUT2D eigenvalue weighted by Crippen LogP contribution is 2.24. The molecule has 0 fully saturated rings. The number of phenolic OH excluding ortho intramolecular Hbond substituents is 1. The number of hydrogen-bond acceptors (Lipinski definition) is 3. The highest BCUT2D eigenvalue weighted by molar-refractivity contribution is 5.81. The van der Waals surface area contributed by atoms with E-state index >= 15 is 0 Å². The SMILES string of the molecule is CC(C)=CCc1cc(O)cc2ccc(=O)oc12. The molecule has 1 N–H and O–H groups in total. The van der Waals surface area contributed by atoms with Crippen molar-refractivity contribution in [3.63, 3.8) is 0 Å². The van der Waals surface area contributed by atoms with Crippen molar-refractivity contribution in [1.29, 1.82) is 0 Å². The normalized spacial score (nSPS) is 10.5. The molecule has 0 saturated carbocycles. The van der Waals surface area contributed by atoms with Crippen LogP contribution in [0, 0.1) is 0 Å². The summed E-state index contributed by atoms with van der Waals surface area (Å²) in [5.74, 6) is 0.184. The molecule has 1 aromatic heterocycles. The maximum atomic E-state index is 11.2. The summed E-state index contributed by atoms with van der Waals surface area (Å²) >= 11 is 0. The lowest BCUT2D eigenvalue weighted by Gasteiger charge is -2.04. The van der Waals surface area contributed by atoms with Gasteiger partial charge in [0.1, 0.15) is 11.3 Å². The average Bonchev–Trinajstić information content (AvgIpc) is 2.26. The summed E-state index contributed by atoms with van der Waals surface area (Å²) in [4.78, 5) is 11.2. The Morgan fingerprint density at radius 3 is 2.82 bits per heavy atom. The molecule has 88 valence electrons. The molecule has 0 radical (unpaired) electrons. The Kier molecular flexibility index (Phi) is 3.00. The van der Waals surface area contributed by atoms with Gasteiger partial charge >= 0.3 is 5.63 Å². The fraction of sp³-hybridized carbons (Fsp3) is 0.214. The summed E-state index contributed by atoms with van der Waals surface area (Å²) in [7, 11) is 0. The average molecular weight is 230 g/mol. The van der Waals surface area contributed by atoms with Crippen molar-refractivity contribution in [2.24, 2.45) is 0 Å². The van der Waals surface area contributed by atoms with E-state index < -0.39 is 0 Å². The van der Waals surface area contributed by atoms with Gasteiger partial charge in [0.25, 0.3) is 0 Å². The first-order valence-electron chi connectivity index (χ1n) is 5.45. The standard InChI is InChI=1S/C14H14O3/c1-9(2)3-4-10-7-12(15)8-11-5-6-13(16)17-14(10)11/h3,5-8,15H,4H2,1-2H3. The van der Waals surface area contributed by atoms with Crippen LogP contribution in [-0.2, 0) is 6.42 Å². The summed E-state index contributed by atoms with van der Waals surface area (Å²) in [5.41, 5.74) is 2.17. The second-order valence-electron chi connectivity index (χ2n) is 4.26. The molecule has 17 heavy (non-hydrogen) atoms. The fourth-order valence-electron chi connectivity index (χ4n) is 1.70. The Morgan fingerprint density at radius 2 is 2.12 bits per heavy atom. The predicted octanol–water partition coefficient (Wildman–Crippen LogP) is 3.01. The molecule has 3 nitrogen and oxygen atoms in total. The van der Waals surface area contributed by atoms with Gasteiger partial charge in [-0.2, -0.15) is 0 Å². The first-order chi connectivity index (χ1) is 8.06.